The average molecular weight is 362 g/mol. The molecule has 0 fully saturated rings. The molecule has 0 aliphatic carbocycles. The van der Waals surface area contributed by atoms with Gasteiger partial charge >= 0.3 is 5.97 Å². The average Bonchev–Trinajstić information content (AvgIpc) is 3.04. The van der Waals surface area contributed by atoms with Crippen LogP contribution in [-0.4, -0.2) is 29.2 Å². The molecule has 1 amide bonds. The van der Waals surface area contributed by atoms with E-state index in [0.29, 0.717) is 29.2 Å². The highest BCUT2D eigenvalue weighted by molar-refractivity contribution is 7.80. The van der Waals surface area contributed by atoms with E-state index in [1.54, 1.807) is 24.3 Å². The van der Waals surface area contributed by atoms with Crippen LogP contribution in [0.5, 0.6) is 5.75 Å². The van der Waals surface area contributed by atoms with E-state index in [9.17, 15) is 9.59 Å². The van der Waals surface area contributed by atoms with Crippen molar-refractivity contribution >= 4 is 34.9 Å². The SMILES string of the molecule is CCCC(=O)NC(=S)Nc1ccc(-c2ccc(C(=O)O)o2)c(OC)c1. The Morgan fingerprint density at radius 2 is 2.04 bits per heavy atom. The van der Waals surface area contributed by atoms with Gasteiger partial charge in [0, 0.05) is 18.2 Å². The van der Waals surface area contributed by atoms with Crippen LogP contribution in [0.4, 0.5) is 5.69 Å². The molecule has 8 heteroatoms. The molecule has 0 unspecified atom stereocenters. The number of nitrogens with one attached hydrogen (secondary N) is 2. The first-order valence-corrected chi connectivity index (χ1v) is 7.97. The molecule has 2 aromatic rings. The molecule has 0 bridgehead atoms. The number of hydrogen-bond donors (Lipinski definition) is 3. The molecule has 0 spiro atoms. The van der Waals surface area contributed by atoms with Crippen LogP contribution in [-0.2, 0) is 4.79 Å². The number of furan rings is 1. The van der Waals surface area contributed by atoms with Gasteiger partial charge in [-0.2, -0.15) is 0 Å². The summed E-state index contributed by atoms with van der Waals surface area (Å²) in [4.78, 5) is 22.5. The van der Waals surface area contributed by atoms with Gasteiger partial charge in [0.1, 0.15) is 11.5 Å². The van der Waals surface area contributed by atoms with E-state index in [-0.39, 0.29) is 16.8 Å². The summed E-state index contributed by atoms with van der Waals surface area (Å²) >= 11 is 5.10. The van der Waals surface area contributed by atoms with Gasteiger partial charge in [0.25, 0.3) is 0 Å². The number of carbonyl (C=O) groups is 2. The minimum atomic E-state index is -1.14. The zero-order valence-electron chi connectivity index (χ0n) is 13.8. The minimum absolute atomic E-state index is 0.152. The van der Waals surface area contributed by atoms with E-state index in [2.05, 4.69) is 10.6 Å². The molecule has 2 rings (SSSR count). The first kappa shape index (κ1) is 18.5. The number of carboxylic acid groups (broad SMARTS) is 1. The molecule has 1 aromatic heterocycles. The van der Waals surface area contributed by atoms with Crippen LogP contribution in [0.15, 0.2) is 34.7 Å². The molecule has 0 atom stereocenters. The fourth-order valence-electron chi connectivity index (χ4n) is 2.15. The molecule has 0 radical (unpaired) electrons. The Labute approximate surface area is 150 Å². The summed E-state index contributed by atoms with van der Waals surface area (Å²) in [5.74, 6) is -0.602. The highest BCUT2D eigenvalue weighted by Crippen LogP contribution is 2.33. The van der Waals surface area contributed by atoms with E-state index < -0.39 is 5.97 Å². The van der Waals surface area contributed by atoms with Crippen LogP contribution in [0.3, 0.4) is 0 Å². The lowest BCUT2D eigenvalue weighted by molar-refractivity contribution is -0.119. The van der Waals surface area contributed by atoms with Crippen LogP contribution < -0.4 is 15.4 Å². The Morgan fingerprint density at radius 1 is 1.28 bits per heavy atom. The molecular formula is C17H18N2O5S. The number of benzene rings is 1. The number of thiocarbonyl (C=S) groups is 1. The van der Waals surface area contributed by atoms with Gasteiger partial charge in [0.2, 0.25) is 11.7 Å². The number of anilines is 1. The Bertz CT molecular complexity index is 800. The van der Waals surface area contributed by atoms with Crippen LogP contribution in [0.25, 0.3) is 11.3 Å². The van der Waals surface area contributed by atoms with Crippen molar-refractivity contribution in [1.82, 2.24) is 5.32 Å². The largest absolute Gasteiger partial charge is 0.496 e. The van der Waals surface area contributed by atoms with E-state index in [4.69, 9.17) is 26.5 Å². The second-order valence-electron chi connectivity index (χ2n) is 5.14. The van der Waals surface area contributed by atoms with Crippen molar-refractivity contribution in [2.45, 2.75) is 19.8 Å². The fourth-order valence-corrected chi connectivity index (χ4v) is 2.38. The molecule has 3 N–H and O–H groups in total. The van der Waals surface area contributed by atoms with Gasteiger partial charge in [-0.3, -0.25) is 4.79 Å². The summed E-state index contributed by atoms with van der Waals surface area (Å²) in [5.41, 5.74) is 1.22. The molecule has 25 heavy (non-hydrogen) atoms. The maximum atomic E-state index is 11.5. The van der Waals surface area contributed by atoms with Crippen LogP contribution in [0.2, 0.25) is 0 Å². The third kappa shape index (κ3) is 4.80. The number of carboxylic acids is 1. The van der Waals surface area contributed by atoms with Crippen molar-refractivity contribution < 1.29 is 23.8 Å². The number of carbonyl (C=O) groups excluding carboxylic acids is 1. The molecule has 1 aromatic carbocycles. The molecule has 7 nitrogen and oxygen atoms in total. The summed E-state index contributed by atoms with van der Waals surface area (Å²) in [6.07, 6.45) is 1.13. The molecular weight excluding hydrogens is 344 g/mol. The minimum Gasteiger partial charge on any atom is -0.496 e. The van der Waals surface area contributed by atoms with E-state index in [1.165, 1.54) is 13.2 Å². The van der Waals surface area contributed by atoms with Gasteiger partial charge in [-0.1, -0.05) is 6.92 Å². The Kier molecular flexibility index (Phi) is 6.13. The Morgan fingerprint density at radius 3 is 2.64 bits per heavy atom. The van der Waals surface area contributed by atoms with Crippen molar-refractivity contribution in [3.63, 3.8) is 0 Å². The lowest BCUT2D eigenvalue weighted by atomic mass is 10.1. The maximum Gasteiger partial charge on any atom is 0.371 e. The second-order valence-corrected chi connectivity index (χ2v) is 5.54. The second kappa shape index (κ2) is 8.29. The van der Waals surface area contributed by atoms with Crippen molar-refractivity contribution in [2.75, 3.05) is 12.4 Å². The Hall–Kier alpha value is -2.87. The van der Waals surface area contributed by atoms with Crippen molar-refractivity contribution in [3.05, 3.63) is 36.1 Å². The lowest BCUT2D eigenvalue weighted by Crippen LogP contribution is -2.33. The molecule has 0 aliphatic rings. The molecule has 0 saturated carbocycles. The third-order valence-corrected chi connectivity index (χ3v) is 3.48. The summed E-state index contributed by atoms with van der Waals surface area (Å²) in [6, 6.07) is 8.05. The number of methoxy groups -OCH3 is 1. The number of hydrogen-bond acceptors (Lipinski definition) is 5. The monoisotopic (exact) mass is 362 g/mol. The van der Waals surface area contributed by atoms with Crippen LogP contribution in [0, 0.1) is 0 Å². The number of amides is 1. The van der Waals surface area contributed by atoms with E-state index in [0.717, 1.165) is 6.42 Å². The van der Waals surface area contributed by atoms with Gasteiger partial charge in [-0.15, -0.1) is 0 Å². The molecule has 132 valence electrons. The van der Waals surface area contributed by atoms with Gasteiger partial charge in [-0.25, -0.2) is 4.79 Å². The summed E-state index contributed by atoms with van der Waals surface area (Å²) in [7, 11) is 1.49. The van der Waals surface area contributed by atoms with E-state index in [1.807, 2.05) is 6.92 Å². The zero-order chi connectivity index (χ0) is 18.4. The highest BCUT2D eigenvalue weighted by atomic mass is 32.1. The summed E-state index contributed by atoms with van der Waals surface area (Å²) in [5, 5.41) is 14.6. The Balaban J connectivity index is 2.17. The van der Waals surface area contributed by atoms with Crippen molar-refractivity contribution in [2.24, 2.45) is 0 Å². The van der Waals surface area contributed by atoms with Crippen molar-refractivity contribution in [1.29, 1.82) is 0 Å². The summed E-state index contributed by atoms with van der Waals surface area (Å²) in [6.45, 7) is 1.91. The van der Waals surface area contributed by atoms with Crippen molar-refractivity contribution in [3.8, 4) is 17.1 Å². The topological polar surface area (TPSA) is 101 Å². The van der Waals surface area contributed by atoms with Gasteiger partial charge in [0.05, 0.1) is 12.7 Å². The van der Waals surface area contributed by atoms with Crippen LogP contribution in [0.1, 0.15) is 30.3 Å². The first-order chi connectivity index (χ1) is 11.9. The summed E-state index contributed by atoms with van der Waals surface area (Å²) < 4.78 is 10.6. The van der Waals surface area contributed by atoms with Gasteiger partial charge in [-0.05, 0) is 42.9 Å². The first-order valence-electron chi connectivity index (χ1n) is 7.57. The predicted octanol–water partition coefficient (Wildman–Crippen LogP) is 3.27. The standard InChI is InChI=1S/C17H18N2O5S/c1-3-4-15(20)19-17(25)18-10-5-6-11(14(9-10)23-2)12-7-8-13(24-12)16(21)22/h5-9H,3-4H2,1-2H3,(H,21,22)(H2,18,19,20,25). The van der Waals surface area contributed by atoms with Gasteiger partial charge in [0.15, 0.2) is 5.11 Å². The smallest absolute Gasteiger partial charge is 0.371 e. The number of rotatable bonds is 6. The van der Waals surface area contributed by atoms with Gasteiger partial charge < -0.3 is 24.9 Å². The van der Waals surface area contributed by atoms with E-state index >= 15 is 0 Å². The predicted molar refractivity (Wildman–Crippen MR) is 96.9 cm³/mol. The number of ether oxygens (including phenoxy) is 1. The molecule has 0 saturated heterocycles. The quantitative estimate of drug-likeness (QED) is 0.678. The molecule has 0 aliphatic heterocycles. The fraction of sp³-hybridized carbons (Fsp3) is 0.235. The maximum absolute atomic E-state index is 11.5. The normalized spacial score (nSPS) is 10.2. The lowest BCUT2D eigenvalue weighted by Gasteiger charge is -2.12. The van der Waals surface area contributed by atoms with Crippen LogP contribution >= 0.6 is 12.2 Å². The third-order valence-electron chi connectivity index (χ3n) is 3.27. The molecule has 1 heterocycles. The number of aromatic carboxylic acids is 1. The highest BCUT2D eigenvalue weighted by Gasteiger charge is 2.15. The zero-order valence-corrected chi connectivity index (χ0v) is 14.6.